The highest BCUT2D eigenvalue weighted by molar-refractivity contribution is 6.32. The molecule has 0 saturated carbocycles. The highest BCUT2D eigenvalue weighted by Gasteiger charge is 2.11. The molecule has 0 bridgehead atoms. The molecule has 0 radical (unpaired) electrons. The number of halogens is 2. The van der Waals surface area contributed by atoms with E-state index in [9.17, 15) is 9.18 Å². The summed E-state index contributed by atoms with van der Waals surface area (Å²) in [5.74, 6) is -0.500. The van der Waals surface area contributed by atoms with Gasteiger partial charge in [0.05, 0.1) is 24.3 Å². The molecule has 104 valence electrons. The molecule has 0 saturated heterocycles. The van der Waals surface area contributed by atoms with E-state index >= 15 is 0 Å². The third kappa shape index (κ3) is 3.33. The maximum Gasteiger partial charge on any atom is 0.319 e. The summed E-state index contributed by atoms with van der Waals surface area (Å²) in [6.45, 7) is 5.36. The van der Waals surface area contributed by atoms with Crippen molar-refractivity contribution in [3.8, 4) is 5.69 Å². The first-order valence-electron chi connectivity index (χ1n) is 5.54. The van der Waals surface area contributed by atoms with Crippen LogP contribution in [0.3, 0.4) is 0 Å². The van der Waals surface area contributed by atoms with Gasteiger partial charge in [0.25, 0.3) is 0 Å². The molecule has 2 aromatic heterocycles. The van der Waals surface area contributed by atoms with Crippen LogP contribution in [0.5, 0.6) is 0 Å². The van der Waals surface area contributed by atoms with E-state index in [-0.39, 0.29) is 17.4 Å². The predicted molar refractivity (Wildman–Crippen MR) is 72.2 cm³/mol. The molecular weight excluding hydrogens is 285 g/mol. The van der Waals surface area contributed by atoms with Gasteiger partial charge in [-0.1, -0.05) is 11.6 Å². The van der Waals surface area contributed by atoms with E-state index in [0.29, 0.717) is 5.69 Å². The Labute approximate surface area is 119 Å². The van der Waals surface area contributed by atoms with Crippen LogP contribution in [0.15, 0.2) is 30.7 Å². The first-order chi connectivity index (χ1) is 9.60. The summed E-state index contributed by atoms with van der Waals surface area (Å²) < 4.78 is 14.4. The molecule has 2 aromatic rings. The van der Waals surface area contributed by atoms with Crippen molar-refractivity contribution in [1.82, 2.24) is 20.1 Å². The van der Waals surface area contributed by atoms with Gasteiger partial charge in [-0.25, -0.2) is 13.9 Å². The minimum absolute atomic E-state index is 0.0705. The molecule has 20 heavy (non-hydrogen) atoms. The van der Waals surface area contributed by atoms with Crippen LogP contribution in [-0.4, -0.2) is 27.3 Å². The SMILES string of the molecule is [CH-]=CCNC(=O)Nc1cn(-c2cncc(F)c2)nc1Cl. The van der Waals surface area contributed by atoms with Crippen molar-refractivity contribution < 1.29 is 9.18 Å². The molecule has 0 atom stereocenters. The molecule has 0 spiro atoms. The van der Waals surface area contributed by atoms with E-state index in [1.165, 1.54) is 29.2 Å². The highest BCUT2D eigenvalue weighted by Crippen LogP contribution is 2.21. The Balaban J connectivity index is 2.17. The highest BCUT2D eigenvalue weighted by atomic mass is 35.5. The van der Waals surface area contributed by atoms with Gasteiger partial charge >= 0.3 is 6.03 Å². The normalized spacial score (nSPS) is 10.1. The summed E-state index contributed by atoms with van der Waals surface area (Å²) >= 11 is 5.89. The number of hydrogen-bond acceptors (Lipinski definition) is 3. The molecule has 8 heteroatoms. The van der Waals surface area contributed by atoms with Gasteiger partial charge in [-0.2, -0.15) is 5.10 Å². The largest absolute Gasteiger partial charge is 0.516 e. The molecule has 0 unspecified atom stereocenters. The Kier molecular flexibility index (Phi) is 4.31. The zero-order valence-corrected chi connectivity index (χ0v) is 10.9. The quantitative estimate of drug-likeness (QED) is 0.849. The standard InChI is InChI=1S/C12H10ClFN5O/c1-2-3-16-12(20)17-10-7-19(18-11(10)13)9-4-8(14)5-15-6-9/h1-2,4-7H,3H2,(H2,16,17,20)/q-1. The predicted octanol–water partition coefficient (Wildman–Crippen LogP) is 2.17. The summed E-state index contributed by atoms with van der Waals surface area (Å²) in [4.78, 5) is 15.2. The monoisotopic (exact) mass is 294 g/mol. The molecule has 0 aromatic carbocycles. The number of nitrogens with one attached hydrogen (secondary N) is 2. The molecular formula is C12H10ClFN5O-. The Morgan fingerprint density at radius 1 is 1.55 bits per heavy atom. The van der Waals surface area contributed by atoms with E-state index < -0.39 is 11.8 Å². The summed E-state index contributed by atoms with van der Waals surface area (Å²) in [5, 5.41) is 8.99. The number of nitrogens with zero attached hydrogens (tertiary/aromatic N) is 3. The van der Waals surface area contributed by atoms with Crippen LogP contribution in [0, 0.1) is 12.4 Å². The number of hydrogen-bond donors (Lipinski definition) is 2. The maximum atomic E-state index is 13.1. The van der Waals surface area contributed by atoms with E-state index in [1.807, 2.05) is 0 Å². The van der Waals surface area contributed by atoms with Crippen LogP contribution in [0.1, 0.15) is 0 Å². The first-order valence-corrected chi connectivity index (χ1v) is 5.92. The molecule has 6 nitrogen and oxygen atoms in total. The fourth-order valence-corrected chi connectivity index (χ4v) is 1.59. The van der Waals surface area contributed by atoms with Gasteiger partial charge in [0.15, 0.2) is 5.15 Å². The van der Waals surface area contributed by atoms with Crippen LogP contribution < -0.4 is 10.6 Å². The van der Waals surface area contributed by atoms with E-state index in [4.69, 9.17) is 18.2 Å². The molecule has 0 aliphatic heterocycles. The van der Waals surface area contributed by atoms with Gasteiger partial charge in [0.1, 0.15) is 11.5 Å². The minimum atomic E-state index is -0.500. The van der Waals surface area contributed by atoms with Gasteiger partial charge in [-0.05, 0) is 0 Å². The van der Waals surface area contributed by atoms with Gasteiger partial charge < -0.3 is 17.2 Å². The van der Waals surface area contributed by atoms with Crippen LogP contribution >= 0.6 is 11.6 Å². The van der Waals surface area contributed by atoms with Gasteiger partial charge in [-0.3, -0.25) is 11.1 Å². The molecule has 0 aliphatic rings. The molecule has 2 amide bonds. The minimum Gasteiger partial charge on any atom is -0.516 e. The second kappa shape index (κ2) is 6.16. The number of amides is 2. The Bertz CT molecular complexity index is 643. The first kappa shape index (κ1) is 14.0. The van der Waals surface area contributed by atoms with Gasteiger partial charge in [0.2, 0.25) is 0 Å². The van der Waals surface area contributed by atoms with E-state index in [0.717, 1.165) is 6.20 Å². The lowest BCUT2D eigenvalue weighted by atomic mass is 10.4. The number of urea groups is 1. The summed E-state index contributed by atoms with van der Waals surface area (Å²) in [7, 11) is 0. The zero-order chi connectivity index (χ0) is 14.5. The fourth-order valence-electron chi connectivity index (χ4n) is 1.41. The summed E-state index contributed by atoms with van der Waals surface area (Å²) in [5.41, 5.74) is 0.668. The van der Waals surface area contributed by atoms with E-state index in [1.54, 1.807) is 0 Å². The molecule has 2 rings (SSSR count). The maximum absolute atomic E-state index is 13.1. The smallest absolute Gasteiger partial charge is 0.319 e. The number of pyridine rings is 1. The van der Waals surface area contributed by atoms with Crippen LogP contribution in [-0.2, 0) is 0 Å². The molecule has 0 fully saturated rings. The van der Waals surface area contributed by atoms with Crippen LogP contribution in [0.25, 0.3) is 5.69 Å². The lowest BCUT2D eigenvalue weighted by Crippen LogP contribution is -2.28. The van der Waals surface area contributed by atoms with E-state index in [2.05, 4.69) is 20.7 Å². The number of anilines is 1. The number of rotatable bonds is 4. The van der Waals surface area contributed by atoms with Crippen molar-refractivity contribution in [3.05, 3.63) is 48.3 Å². The van der Waals surface area contributed by atoms with Crippen molar-refractivity contribution in [1.29, 1.82) is 0 Å². The Hall–Kier alpha value is -2.41. The molecule has 2 heterocycles. The average Bonchev–Trinajstić information content (AvgIpc) is 2.78. The van der Waals surface area contributed by atoms with Crippen molar-refractivity contribution in [2.45, 2.75) is 0 Å². The number of aromatic nitrogens is 3. The third-order valence-electron chi connectivity index (χ3n) is 2.25. The lowest BCUT2D eigenvalue weighted by Gasteiger charge is -2.04. The van der Waals surface area contributed by atoms with Crippen molar-refractivity contribution in [2.24, 2.45) is 0 Å². The third-order valence-corrected chi connectivity index (χ3v) is 2.53. The second-order valence-corrected chi connectivity index (χ2v) is 4.07. The van der Waals surface area contributed by atoms with Crippen molar-refractivity contribution in [3.63, 3.8) is 0 Å². The van der Waals surface area contributed by atoms with Crippen LogP contribution in [0.4, 0.5) is 14.9 Å². The van der Waals surface area contributed by atoms with Crippen LogP contribution in [0.2, 0.25) is 5.15 Å². The van der Waals surface area contributed by atoms with Gasteiger partial charge in [-0.15, -0.1) is 0 Å². The average molecular weight is 295 g/mol. The molecule has 0 aliphatic carbocycles. The topological polar surface area (TPSA) is 71.8 Å². The Morgan fingerprint density at radius 2 is 2.35 bits per heavy atom. The fraction of sp³-hybridized carbons (Fsp3) is 0.0833. The Morgan fingerprint density at radius 3 is 3.05 bits per heavy atom. The van der Waals surface area contributed by atoms with Crippen molar-refractivity contribution >= 4 is 23.3 Å². The number of carbonyl (C=O) groups excluding carboxylic acids is 1. The molecule has 2 N–H and O–H groups in total. The second-order valence-electron chi connectivity index (χ2n) is 3.71. The summed E-state index contributed by atoms with van der Waals surface area (Å²) in [6, 6.07) is 0.759. The summed E-state index contributed by atoms with van der Waals surface area (Å²) in [6.07, 6.45) is 5.23. The zero-order valence-electron chi connectivity index (χ0n) is 10.2. The lowest BCUT2D eigenvalue weighted by molar-refractivity contribution is 0.253. The van der Waals surface area contributed by atoms with Gasteiger partial charge in [0, 0.05) is 12.6 Å². The van der Waals surface area contributed by atoms with Crippen molar-refractivity contribution in [2.75, 3.05) is 11.9 Å². The number of carbonyl (C=O) groups is 1.